The van der Waals surface area contributed by atoms with Crippen LogP contribution in [-0.4, -0.2) is 61.9 Å². The number of halogens is 2. The number of carbonyl (C=O) groups excluding carboxylic acids is 1. The van der Waals surface area contributed by atoms with Crippen LogP contribution in [0.3, 0.4) is 0 Å². The van der Waals surface area contributed by atoms with E-state index in [1.165, 1.54) is 0 Å². The molecule has 0 spiro atoms. The van der Waals surface area contributed by atoms with Crippen LogP contribution in [0.2, 0.25) is 5.02 Å². The normalized spacial score (nSPS) is 17.0. The lowest BCUT2D eigenvalue weighted by Crippen LogP contribution is -2.38. The zero-order valence-electron chi connectivity index (χ0n) is 14.7. The third-order valence-corrected chi connectivity index (χ3v) is 4.23. The summed E-state index contributed by atoms with van der Waals surface area (Å²) in [5.41, 5.74) is 0.953. The summed E-state index contributed by atoms with van der Waals surface area (Å²) in [4.78, 5) is 20.2. The van der Waals surface area contributed by atoms with E-state index in [0.29, 0.717) is 23.9 Å². The van der Waals surface area contributed by atoms with E-state index in [-0.39, 0.29) is 24.6 Å². The minimum atomic E-state index is -0.212. The Kier molecular flexibility index (Phi) is 7.08. The highest BCUT2D eigenvalue weighted by molar-refractivity contribution is 6.30. The molecule has 3 rings (SSSR count). The molecule has 2 heterocycles. The molecule has 8 heteroatoms. The average molecular weight is 397 g/mol. The van der Waals surface area contributed by atoms with Crippen molar-refractivity contribution in [1.82, 2.24) is 15.1 Å². The number of rotatable bonds is 6. The van der Waals surface area contributed by atoms with Crippen LogP contribution in [0.4, 0.5) is 4.79 Å². The summed E-state index contributed by atoms with van der Waals surface area (Å²) in [6.07, 6.45) is 1.46. The maximum Gasteiger partial charge on any atom is 0.319 e. The zero-order valence-corrected chi connectivity index (χ0v) is 16.3. The van der Waals surface area contributed by atoms with Crippen LogP contribution in [0.15, 0.2) is 45.8 Å². The number of benzene rings is 1. The lowest BCUT2D eigenvalue weighted by molar-refractivity contribution is 0.198. The Bertz CT molecular complexity index is 759. The molecule has 1 saturated heterocycles. The lowest BCUT2D eigenvalue weighted by atomic mass is 10.2. The summed E-state index contributed by atoms with van der Waals surface area (Å²) < 4.78 is 5.81. The Morgan fingerprint density at radius 2 is 2.04 bits per heavy atom. The van der Waals surface area contributed by atoms with E-state index in [0.717, 1.165) is 17.9 Å². The molecular weight excluding hydrogens is 375 g/mol. The fraction of sp³-hybridized carbons (Fsp3) is 0.333. The Morgan fingerprint density at radius 1 is 1.31 bits per heavy atom. The van der Waals surface area contributed by atoms with E-state index in [2.05, 4.69) is 10.3 Å². The lowest BCUT2D eigenvalue weighted by Gasteiger charge is -2.21. The molecular formula is C18H22Cl2N4O2. The number of hydrogen-bond acceptors (Lipinski definition) is 4. The fourth-order valence-electron chi connectivity index (χ4n) is 2.57. The van der Waals surface area contributed by atoms with Gasteiger partial charge in [0.15, 0.2) is 0 Å². The molecule has 140 valence electrons. The molecule has 0 saturated carbocycles. The Morgan fingerprint density at radius 3 is 2.73 bits per heavy atom. The molecule has 0 bridgehead atoms. The van der Waals surface area contributed by atoms with E-state index in [1.54, 1.807) is 11.1 Å². The number of likely N-dealkylation sites (N-methyl/N-ethyl adjacent to an activating group) is 1. The molecule has 2 amide bonds. The molecule has 1 aliphatic rings. The van der Waals surface area contributed by atoms with E-state index in [9.17, 15) is 4.79 Å². The van der Waals surface area contributed by atoms with Gasteiger partial charge in [0.05, 0.1) is 12.8 Å². The fourth-order valence-corrected chi connectivity index (χ4v) is 2.69. The van der Waals surface area contributed by atoms with Gasteiger partial charge in [-0.25, -0.2) is 4.79 Å². The quantitative estimate of drug-likeness (QED) is 0.761. The van der Waals surface area contributed by atoms with Gasteiger partial charge < -0.3 is 14.6 Å². The molecule has 1 aromatic carbocycles. The number of furan rings is 1. The van der Waals surface area contributed by atoms with Gasteiger partial charge >= 0.3 is 6.03 Å². The van der Waals surface area contributed by atoms with Crippen LogP contribution >= 0.6 is 24.0 Å². The second kappa shape index (κ2) is 9.07. The predicted molar refractivity (Wildman–Crippen MR) is 106 cm³/mol. The highest BCUT2D eigenvalue weighted by Crippen LogP contribution is 2.23. The minimum absolute atomic E-state index is 0. The Balaban J connectivity index is 0.00000243. The molecule has 0 radical (unpaired) electrons. The monoisotopic (exact) mass is 396 g/mol. The van der Waals surface area contributed by atoms with E-state index < -0.39 is 0 Å². The topological polar surface area (TPSA) is 61.1 Å². The summed E-state index contributed by atoms with van der Waals surface area (Å²) in [6.45, 7) is 1.93. The largest absolute Gasteiger partial charge is 0.455 e. The van der Waals surface area contributed by atoms with Crippen molar-refractivity contribution < 1.29 is 9.21 Å². The maximum absolute atomic E-state index is 11.9. The second-order valence-corrected chi connectivity index (χ2v) is 6.59. The number of carbonyl (C=O) groups is 1. The first-order valence-corrected chi connectivity index (χ1v) is 8.49. The van der Waals surface area contributed by atoms with Crippen molar-refractivity contribution in [3.63, 3.8) is 0 Å². The number of aliphatic imine (C=N–C) groups is 1. The third kappa shape index (κ3) is 5.00. The van der Waals surface area contributed by atoms with Crippen molar-refractivity contribution in [2.45, 2.75) is 6.17 Å². The highest BCUT2D eigenvalue weighted by Gasteiger charge is 2.29. The number of nitrogens with one attached hydrogen (secondary N) is 1. The molecule has 1 aromatic heterocycles. The van der Waals surface area contributed by atoms with Crippen LogP contribution in [0, 0.1) is 0 Å². The first-order chi connectivity index (χ1) is 12.0. The van der Waals surface area contributed by atoms with Crippen LogP contribution in [-0.2, 0) is 0 Å². The zero-order chi connectivity index (χ0) is 17.8. The van der Waals surface area contributed by atoms with Crippen molar-refractivity contribution in [2.75, 3.05) is 33.7 Å². The first-order valence-electron chi connectivity index (χ1n) is 8.11. The van der Waals surface area contributed by atoms with Crippen molar-refractivity contribution in [1.29, 1.82) is 0 Å². The van der Waals surface area contributed by atoms with Crippen LogP contribution in [0.5, 0.6) is 0 Å². The molecule has 1 N–H and O–H groups in total. The van der Waals surface area contributed by atoms with Gasteiger partial charge in [-0.3, -0.25) is 9.89 Å². The van der Waals surface area contributed by atoms with Crippen molar-refractivity contribution >= 4 is 36.3 Å². The molecule has 1 aliphatic heterocycles. The summed E-state index contributed by atoms with van der Waals surface area (Å²) in [7, 11) is 3.96. The number of amides is 2. The molecule has 26 heavy (non-hydrogen) atoms. The van der Waals surface area contributed by atoms with Crippen molar-refractivity contribution in [2.24, 2.45) is 4.99 Å². The molecule has 1 fully saturated rings. The summed E-state index contributed by atoms with van der Waals surface area (Å²) in [5, 5.41) is 3.52. The SMILES string of the molecule is CN(C)CCN1C(=O)NCC1N=Cc1ccc(-c2ccc(Cl)cc2)o1.Cl. The second-order valence-electron chi connectivity index (χ2n) is 6.15. The van der Waals surface area contributed by atoms with Gasteiger partial charge in [0.2, 0.25) is 0 Å². The maximum atomic E-state index is 11.9. The Hall–Kier alpha value is -2.02. The molecule has 2 aromatic rings. The predicted octanol–water partition coefficient (Wildman–Crippen LogP) is 3.35. The highest BCUT2D eigenvalue weighted by atomic mass is 35.5. The standard InChI is InChI=1S/C18H21ClN4O2.ClH/c1-22(2)9-10-23-17(12-21-18(23)24)20-11-15-7-8-16(25-15)13-3-5-14(19)6-4-13;/h3-8,11,17H,9-10,12H2,1-2H3,(H,21,24);1H. The van der Waals surface area contributed by atoms with Crippen LogP contribution in [0.1, 0.15) is 5.76 Å². The van der Waals surface area contributed by atoms with Gasteiger partial charge in [-0.05, 0) is 50.5 Å². The van der Waals surface area contributed by atoms with Gasteiger partial charge in [-0.2, -0.15) is 0 Å². The van der Waals surface area contributed by atoms with Crippen LogP contribution < -0.4 is 5.32 Å². The van der Waals surface area contributed by atoms with Gasteiger partial charge in [-0.15, -0.1) is 12.4 Å². The molecule has 1 atom stereocenters. The number of hydrogen-bond donors (Lipinski definition) is 1. The van der Waals surface area contributed by atoms with Gasteiger partial charge in [-0.1, -0.05) is 11.6 Å². The van der Waals surface area contributed by atoms with E-state index in [4.69, 9.17) is 16.0 Å². The summed E-state index contributed by atoms with van der Waals surface area (Å²) >= 11 is 5.90. The summed E-state index contributed by atoms with van der Waals surface area (Å²) in [5.74, 6) is 1.40. The molecule has 0 aliphatic carbocycles. The summed E-state index contributed by atoms with van der Waals surface area (Å²) in [6, 6.07) is 11.1. The minimum Gasteiger partial charge on any atom is -0.455 e. The third-order valence-electron chi connectivity index (χ3n) is 3.97. The van der Waals surface area contributed by atoms with Gasteiger partial charge in [0.1, 0.15) is 17.7 Å². The van der Waals surface area contributed by atoms with E-state index >= 15 is 0 Å². The van der Waals surface area contributed by atoms with Crippen molar-refractivity contribution in [3.05, 3.63) is 47.2 Å². The number of urea groups is 1. The average Bonchev–Trinajstić information content (AvgIpc) is 3.18. The van der Waals surface area contributed by atoms with Crippen LogP contribution in [0.25, 0.3) is 11.3 Å². The first kappa shape index (κ1) is 20.3. The smallest absolute Gasteiger partial charge is 0.319 e. The Labute approximate surface area is 164 Å². The molecule has 1 unspecified atom stereocenters. The van der Waals surface area contributed by atoms with Crippen molar-refractivity contribution in [3.8, 4) is 11.3 Å². The number of nitrogens with zero attached hydrogens (tertiary/aromatic N) is 3. The van der Waals surface area contributed by atoms with Gasteiger partial charge in [0, 0.05) is 23.7 Å². The van der Waals surface area contributed by atoms with Gasteiger partial charge in [0.25, 0.3) is 0 Å². The molecule has 6 nitrogen and oxygen atoms in total. The van der Waals surface area contributed by atoms with E-state index in [1.807, 2.05) is 55.4 Å².